The van der Waals surface area contributed by atoms with Gasteiger partial charge in [0.15, 0.2) is 5.65 Å². The topological polar surface area (TPSA) is 43.2 Å². The van der Waals surface area contributed by atoms with Crippen LogP contribution in [0.5, 0.6) is 0 Å². The Hall–Kier alpha value is -1.33. The molecule has 3 heterocycles. The normalized spacial score (nSPS) is 16.2. The maximum atomic E-state index is 5.90. The highest BCUT2D eigenvalue weighted by molar-refractivity contribution is 6.17. The van der Waals surface area contributed by atoms with Crippen LogP contribution in [0.3, 0.4) is 0 Å². The van der Waals surface area contributed by atoms with Gasteiger partial charge in [0.25, 0.3) is 0 Å². The number of aromatic nitrogens is 3. The number of aryl methyl sites for hydroxylation is 2. The van der Waals surface area contributed by atoms with Crippen LogP contribution >= 0.6 is 11.6 Å². The molecule has 0 atom stereocenters. The first kappa shape index (κ1) is 12.7. The predicted octanol–water partition coefficient (Wildman–Crippen LogP) is 1.49. The van der Waals surface area contributed by atoms with E-state index in [2.05, 4.69) is 21.6 Å². The second kappa shape index (κ2) is 5.35. The second-order valence-electron chi connectivity index (χ2n) is 4.64. The minimum atomic E-state index is 0.562. The minimum Gasteiger partial charge on any atom is -0.378 e. The molecule has 0 aromatic carbocycles. The molecule has 6 heteroatoms. The van der Waals surface area contributed by atoms with Crippen LogP contribution in [0.2, 0.25) is 0 Å². The van der Waals surface area contributed by atoms with Crippen LogP contribution in [0.25, 0.3) is 11.2 Å². The van der Waals surface area contributed by atoms with E-state index in [1.54, 1.807) is 0 Å². The molecule has 2 aromatic heterocycles. The highest BCUT2D eigenvalue weighted by atomic mass is 35.5. The molecule has 0 radical (unpaired) electrons. The maximum absolute atomic E-state index is 5.90. The summed E-state index contributed by atoms with van der Waals surface area (Å²) in [5, 5.41) is 2.24. The van der Waals surface area contributed by atoms with Crippen LogP contribution < -0.4 is 5.01 Å². The van der Waals surface area contributed by atoms with Gasteiger partial charge in [-0.1, -0.05) is 0 Å². The summed E-state index contributed by atoms with van der Waals surface area (Å²) in [5.74, 6) is 1.54. The van der Waals surface area contributed by atoms with E-state index < -0.39 is 0 Å². The fraction of sp³-hybridized carbons (Fsp3) is 0.538. The Morgan fingerprint density at radius 2 is 2.16 bits per heavy atom. The van der Waals surface area contributed by atoms with Gasteiger partial charge in [-0.05, 0) is 18.6 Å². The largest absolute Gasteiger partial charge is 0.378 e. The van der Waals surface area contributed by atoms with Crippen molar-refractivity contribution in [3.05, 3.63) is 23.7 Å². The van der Waals surface area contributed by atoms with Gasteiger partial charge in [-0.2, -0.15) is 0 Å². The SMILES string of the molecule is Cc1ccnc2c1nc(CCCl)n2N1CCOCC1. The van der Waals surface area contributed by atoms with Crippen molar-refractivity contribution in [2.75, 3.05) is 37.2 Å². The van der Waals surface area contributed by atoms with E-state index in [4.69, 9.17) is 21.3 Å². The Morgan fingerprint density at radius 3 is 2.89 bits per heavy atom. The number of halogens is 1. The smallest absolute Gasteiger partial charge is 0.179 e. The summed E-state index contributed by atoms with van der Waals surface area (Å²) in [4.78, 5) is 9.21. The molecule has 0 unspecified atom stereocenters. The quantitative estimate of drug-likeness (QED) is 0.799. The molecule has 0 amide bonds. The average molecular weight is 281 g/mol. The molecular formula is C13H17ClN4O. The van der Waals surface area contributed by atoms with E-state index in [1.165, 1.54) is 0 Å². The first-order chi connectivity index (χ1) is 9.31. The molecule has 0 N–H and O–H groups in total. The van der Waals surface area contributed by atoms with Gasteiger partial charge in [-0.25, -0.2) is 14.6 Å². The number of pyridine rings is 1. The molecule has 3 rings (SSSR count). The lowest BCUT2D eigenvalue weighted by atomic mass is 10.3. The summed E-state index contributed by atoms with van der Waals surface area (Å²) in [5.41, 5.74) is 3.03. The highest BCUT2D eigenvalue weighted by Gasteiger charge is 2.19. The fourth-order valence-electron chi connectivity index (χ4n) is 2.43. The van der Waals surface area contributed by atoms with Crippen molar-refractivity contribution in [1.29, 1.82) is 0 Å². The number of nitrogens with zero attached hydrogens (tertiary/aromatic N) is 4. The van der Waals surface area contributed by atoms with Crippen molar-refractivity contribution in [3.8, 4) is 0 Å². The number of alkyl halides is 1. The first-order valence-corrected chi connectivity index (χ1v) is 7.06. The third-order valence-corrected chi connectivity index (χ3v) is 3.57. The lowest BCUT2D eigenvalue weighted by Gasteiger charge is -2.30. The van der Waals surface area contributed by atoms with Crippen LogP contribution in [0.1, 0.15) is 11.4 Å². The second-order valence-corrected chi connectivity index (χ2v) is 5.02. The van der Waals surface area contributed by atoms with Gasteiger partial charge in [0.1, 0.15) is 11.3 Å². The Morgan fingerprint density at radius 1 is 1.37 bits per heavy atom. The standard InChI is InChI=1S/C13H17ClN4O/c1-10-3-5-15-13-12(10)16-11(2-4-14)18(13)17-6-8-19-9-7-17/h3,5H,2,4,6-9H2,1H3. The Labute approximate surface area is 117 Å². The zero-order valence-electron chi connectivity index (χ0n) is 11.0. The molecule has 2 aromatic rings. The summed E-state index contributed by atoms with van der Waals surface area (Å²) in [7, 11) is 0. The molecule has 19 heavy (non-hydrogen) atoms. The summed E-state index contributed by atoms with van der Waals surface area (Å²) >= 11 is 5.90. The molecule has 0 bridgehead atoms. The highest BCUT2D eigenvalue weighted by Crippen LogP contribution is 2.19. The molecule has 5 nitrogen and oxygen atoms in total. The minimum absolute atomic E-state index is 0.562. The lowest BCUT2D eigenvalue weighted by molar-refractivity contribution is 0.111. The van der Waals surface area contributed by atoms with Gasteiger partial charge in [0, 0.05) is 18.5 Å². The van der Waals surface area contributed by atoms with Crippen LogP contribution in [-0.2, 0) is 11.2 Å². The van der Waals surface area contributed by atoms with Gasteiger partial charge in [-0.15, -0.1) is 11.6 Å². The van der Waals surface area contributed by atoms with Crippen LogP contribution in [-0.4, -0.2) is 46.8 Å². The molecule has 0 saturated carbocycles. The fourth-order valence-corrected chi connectivity index (χ4v) is 2.59. The number of fused-ring (bicyclic) bond motifs is 1. The van der Waals surface area contributed by atoms with Crippen molar-refractivity contribution < 1.29 is 4.74 Å². The van der Waals surface area contributed by atoms with E-state index >= 15 is 0 Å². The molecule has 1 saturated heterocycles. The number of hydrogen-bond acceptors (Lipinski definition) is 4. The number of morpholine rings is 1. The van der Waals surface area contributed by atoms with Gasteiger partial charge in [0.2, 0.25) is 0 Å². The third-order valence-electron chi connectivity index (χ3n) is 3.38. The first-order valence-electron chi connectivity index (χ1n) is 6.53. The molecule has 0 aliphatic carbocycles. The molecule has 102 valence electrons. The summed E-state index contributed by atoms with van der Waals surface area (Å²) < 4.78 is 7.53. The Kier molecular flexibility index (Phi) is 3.57. The summed E-state index contributed by atoms with van der Waals surface area (Å²) in [6.45, 7) is 5.26. The Balaban J connectivity index is 2.13. The average Bonchev–Trinajstić information content (AvgIpc) is 2.80. The van der Waals surface area contributed by atoms with E-state index in [0.717, 1.165) is 55.3 Å². The van der Waals surface area contributed by atoms with Crippen molar-refractivity contribution in [2.24, 2.45) is 0 Å². The molecular weight excluding hydrogens is 264 g/mol. The van der Waals surface area contributed by atoms with Crippen molar-refractivity contribution in [2.45, 2.75) is 13.3 Å². The van der Waals surface area contributed by atoms with Crippen LogP contribution in [0, 0.1) is 6.92 Å². The summed E-state index contributed by atoms with van der Waals surface area (Å²) in [6, 6.07) is 1.99. The van der Waals surface area contributed by atoms with Crippen molar-refractivity contribution in [3.63, 3.8) is 0 Å². The van der Waals surface area contributed by atoms with Gasteiger partial charge < -0.3 is 9.75 Å². The van der Waals surface area contributed by atoms with Crippen LogP contribution in [0.15, 0.2) is 12.3 Å². The lowest BCUT2D eigenvalue weighted by Crippen LogP contribution is -2.44. The number of imidazole rings is 1. The third kappa shape index (κ3) is 2.28. The van der Waals surface area contributed by atoms with E-state index in [-0.39, 0.29) is 0 Å². The van der Waals surface area contributed by atoms with Crippen molar-refractivity contribution >= 4 is 22.8 Å². The van der Waals surface area contributed by atoms with Gasteiger partial charge in [-0.3, -0.25) is 0 Å². The number of hydrogen-bond donors (Lipinski definition) is 0. The van der Waals surface area contributed by atoms with Crippen LogP contribution in [0.4, 0.5) is 0 Å². The summed E-state index contributed by atoms with van der Waals surface area (Å²) in [6.07, 6.45) is 2.58. The molecule has 1 aliphatic heterocycles. The monoisotopic (exact) mass is 280 g/mol. The predicted molar refractivity (Wildman–Crippen MR) is 75.5 cm³/mol. The van der Waals surface area contributed by atoms with E-state index in [9.17, 15) is 0 Å². The molecule has 1 fully saturated rings. The van der Waals surface area contributed by atoms with E-state index in [1.807, 2.05) is 12.3 Å². The van der Waals surface area contributed by atoms with Gasteiger partial charge in [0.05, 0.1) is 26.3 Å². The number of ether oxygens (including phenoxy) is 1. The Bertz CT molecular complexity index is 577. The molecule has 1 aliphatic rings. The molecule has 0 spiro atoms. The van der Waals surface area contributed by atoms with Crippen molar-refractivity contribution in [1.82, 2.24) is 14.6 Å². The van der Waals surface area contributed by atoms with Gasteiger partial charge >= 0.3 is 0 Å². The zero-order valence-corrected chi connectivity index (χ0v) is 11.7. The number of rotatable bonds is 3. The van der Waals surface area contributed by atoms with E-state index in [0.29, 0.717) is 5.88 Å². The maximum Gasteiger partial charge on any atom is 0.179 e. The zero-order chi connectivity index (χ0) is 13.2.